The Morgan fingerprint density at radius 3 is 2.43 bits per heavy atom. The highest BCUT2D eigenvalue weighted by molar-refractivity contribution is 5.71. The molecule has 0 fully saturated rings. The first kappa shape index (κ1) is 15.3. The maximum atomic E-state index is 4.02. The molecule has 0 aliphatic rings. The van der Waals surface area contributed by atoms with Crippen LogP contribution in [-0.4, -0.2) is 4.57 Å². The standard InChI is InChI=1S/C18H19N2.ClH/c1-15(2)12-19-14-20(13-16-8-4-3-5-9-16)18-11-7-6-10-17(18)19;/h3-11,14H,1,12-13H2,2H3;1H/q+1;/p-1. The van der Waals surface area contributed by atoms with Crippen LogP contribution in [-0.2, 0) is 13.1 Å². The van der Waals surface area contributed by atoms with E-state index in [1.807, 2.05) is 0 Å². The van der Waals surface area contributed by atoms with Gasteiger partial charge in [0.2, 0.25) is 6.33 Å². The second kappa shape index (κ2) is 6.59. The Morgan fingerprint density at radius 2 is 1.71 bits per heavy atom. The van der Waals surface area contributed by atoms with Crippen molar-refractivity contribution in [2.75, 3.05) is 0 Å². The summed E-state index contributed by atoms with van der Waals surface area (Å²) in [5.74, 6) is 0. The Balaban J connectivity index is 0.00000161. The third-order valence-electron chi connectivity index (χ3n) is 3.42. The second-order valence-corrected chi connectivity index (χ2v) is 5.30. The minimum absolute atomic E-state index is 0. The lowest BCUT2D eigenvalue weighted by atomic mass is 10.2. The third-order valence-corrected chi connectivity index (χ3v) is 3.42. The number of imidazole rings is 1. The van der Waals surface area contributed by atoms with Crippen LogP contribution in [0.4, 0.5) is 0 Å². The summed E-state index contributed by atoms with van der Waals surface area (Å²) in [6.45, 7) is 7.84. The Kier molecular flexibility index (Phi) is 4.81. The van der Waals surface area contributed by atoms with Crippen molar-refractivity contribution in [3.05, 3.63) is 78.6 Å². The van der Waals surface area contributed by atoms with E-state index < -0.39 is 0 Å². The summed E-state index contributed by atoms with van der Waals surface area (Å²) in [4.78, 5) is 0. The molecule has 3 heteroatoms. The number of halogens is 1. The van der Waals surface area contributed by atoms with Crippen molar-refractivity contribution in [3.8, 4) is 0 Å². The lowest BCUT2D eigenvalue weighted by Gasteiger charge is -1.98. The van der Waals surface area contributed by atoms with Crippen LogP contribution in [0.2, 0.25) is 0 Å². The first-order valence-corrected chi connectivity index (χ1v) is 6.89. The normalized spacial score (nSPS) is 10.3. The third kappa shape index (κ3) is 3.34. The van der Waals surface area contributed by atoms with E-state index in [9.17, 15) is 0 Å². The molecule has 0 bridgehead atoms. The molecular weight excluding hydrogens is 280 g/mol. The molecule has 0 atom stereocenters. The summed E-state index contributed by atoms with van der Waals surface area (Å²) in [7, 11) is 0. The summed E-state index contributed by atoms with van der Waals surface area (Å²) < 4.78 is 4.56. The van der Waals surface area contributed by atoms with Crippen molar-refractivity contribution >= 4 is 11.0 Å². The van der Waals surface area contributed by atoms with Gasteiger partial charge in [-0.15, -0.1) is 0 Å². The van der Waals surface area contributed by atoms with Crippen LogP contribution in [0.5, 0.6) is 0 Å². The summed E-state index contributed by atoms with van der Waals surface area (Å²) in [6, 6.07) is 19.1. The van der Waals surface area contributed by atoms with Crippen LogP contribution < -0.4 is 17.0 Å². The average Bonchev–Trinajstić information content (AvgIpc) is 2.78. The topological polar surface area (TPSA) is 8.81 Å². The van der Waals surface area contributed by atoms with E-state index in [1.54, 1.807) is 0 Å². The van der Waals surface area contributed by atoms with Crippen molar-refractivity contribution in [1.82, 2.24) is 4.57 Å². The van der Waals surface area contributed by atoms with Gasteiger partial charge < -0.3 is 12.4 Å². The molecule has 0 saturated heterocycles. The number of aromatic nitrogens is 2. The zero-order chi connectivity index (χ0) is 13.9. The van der Waals surface area contributed by atoms with Crippen LogP contribution in [0.3, 0.4) is 0 Å². The van der Waals surface area contributed by atoms with E-state index in [0.29, 0.717) is 0 Å². The van der Waals surface area contributed by atoms with Gasteiger partial charge in [-0.2, -0.15) is 0 Å². The van der Waals surface area contributed by atoms with Gasteiger partial charge in [0, 0.05) is 0 Å². The number of hydrogen-bond donors (Lipinski definition) is 0. The Bertz CT molecular complexity index is 744. The minimum Gasteiger partial charge on any atom is -1.00 e. The van der Waals surface area contributed by atoms with Crippen LogP contribution in [0.25, 0.3) is 11.0 Å². The van der Waals surface area contributed by atoms with E-state index in [0.717, 1.165) is 18.7 Å². The summed E-state index contributed by atoms with van der Waals surface area (Å²) in [5.41, 5.74) is 5.00. The second-order valence-electron chi connectivity index (χ2n) is 5.30. The van der Waals surface area contributed by atoms with Crippen LogP contribution in [0.1, 0.15) is 12.5 Å². The molecule has 1 heterocycles. The van der Waals surface area contributed by atoms with Gasteiger partial charge in [0.25, 0.3) is 0 Å². The number of fused-ring (bicyclic) bond motifs is 1. The SMILES string of the molecule is C=C(C)Cn1c[n+](Cc2ccccc2)c2ccccc21.[Cl-]. The monoisotopic (exact) mass is 298 g/mol. The summed E-state index contributed by atoms with van der Waals surface area (Å²) in [5, 5.41) is 0. The van der Waals surface area contributed by atoms with E-state index in [1.165, 1.54) is 16.6 Å². The lowest BCUT2D eigenvalue weighted by Crippen LogP contribution is -3.00. The molecule has 0 radical (unpaired) electrons. The number of benzene rings is 2. The van der Waals surface area contributed by atoms with Crippen LogP contribution in [0, 0.1) is 0 Å². The predicted molar refractivity (Wildman–Crippen MR) is 82.5 cm³/mol. The Labute approximate surface area is 131 Å². The molecule has 108 valence electrons. The molecule has 0 saturated carbocycles. The molecule has 0 aliphatic heterocycles. The van der Waals surface area contributed by atoms with E-state index in [4.69, 9.17) is 0 Å². The molecule has 0 aliphatic carbocycles. The van der Waals surface area contributed by atoms with Gasteiger partial charge in [-0.05, 0) is 30.2 Å². The van der Waals surface area contributed by atoms with Gasteiger partial charge in [-0.1, -0.05) is 49.0 Å². The number of nitrogens with zero attached hydrogens (tertiary/aromatic N) is 2. The minimum atomic E-state index is 0. The highest BCUT2D eigenvalue weighted by Gasteiger charge is 2.14. The maximum absolute atomic E-state index is 4.02. The largest absolute Gasteiger partial charge is 1.00 e. The first-order chi connectivity index (χ1) is 9.74. The zero-order valence-corrected chi connectivity index (χ0v) is 12.9. The lowest BCUT2D eigenvalue weighted by molar-refractivity contribution is -0.663. The first-order valence-electron chi connectivity index (χ1n) is 6.89. The van der Waals surface area contributed by atoms with Crippen molar-refractivity contribution in [1.29, 1.82) is 0 Å². The molecule has 1 aromatic heterocycles. The molecule has 3 aromatic rings. The maximum Gasteiger partial charge on any atom is 0.245 e. The number of allylic oxidation sites excluding steroid dienone is 1. The highest BCUT2D eigenvalue weighted by atomic mass is 35.5. The van der Waals surface area contributed by atoms with Gasteiger partial charge >= 0.3 is 0 Å². The molecule has 0 unspecified atom stereocenters. The van der Waals surface area contributed by atoms with E-state index in [-0.39, 0.29) is 12.4 Å². The van der Waals surface area contributed by atoms with Crippen molar-refractivity contribution in [3.63, 3.8) is 0 Å². The molecular formula is C18H19ClN2. The van der Waals surface area contributed by atoms with E-state index >= 15 is 0 Å². The van der Waals surface area contributed by atoms with Gasteiger partial charge in [-0.25, -0.2) is 9.13 Å². The molecule has 21 heavy (non-hydrogen) atoms. The fraction of sp³-hybridized carbons (Fsp3) is 0.167. The van der Waals surface area contributed by atoms with Crippen LogP contribution in [0.15, 0.2) is 73.1 Å². The quantitative estimate of drug-likeness (QED) is 0.492. The number of hydrogen-bond acceptors (Lipinski definition) is 0. The molecule has 3 rings (SSSR count). The van der Waals surface area contributed by atoms with Gasteiger partial charge in [-0.3, -0.25) is 0 Å². The van der Waals surface area contributed by atoms with Gasteiger partial charge in [0.05, 0.1) is 0 Å². The predicted octanol–water partition coefficient (Wildman–Crippen LogP) is 0.557. The molecule has 2 nitrogen and oxygen atoms in total. The summed E-state index contributed by atoms with van der Waals surface area (Å²) in [6.07, 6.45) is 2.19. The van der Waals surface area contributed by atoms with Gasteiger partial charge in [0.15, 0.2) is 11.0 Å². The van der Waals surface area contributed by atoms with Gasteiger partial charge in [0.1, 0.15) is 13.1 Å². The van der Waals surface area contributed by atoms with Crippen molar-refractivity contribution in [2.45, 2.75) is 20.0 Å². The number of rotatable bonds is 4. The fourth-order valence-electron chi connectivity index (χ4n) is 2.57. The Morgan fingerprint density at radius 1 is 1.05 bits per heavy atom. The smallest absolute Gasteiger partial charge is 0.245 e. The molecule has 0 amide bonds. The average molecular weight is 299 g/mol. The molecule has 2 aromatic carbocycles. The fourth-order valence-corrected chi connectivity index (χ4v) is 2.57. The Hall–Kier alpha value is -2.06. The summed E-state index contributed by atoms with van der Waals surface area (Å²) >= 11 is 0. The van der Waals surface area contributed by atoms with Crippen molar-refractivity contribution < 1.29 is 17.0 Å². The number of para-hydroxylation sites is 2. The zero-order valence-electron chi connectivity index (χ0n) is 12.2. The van der Waals surface area contributed by atoms with E-state index in [2.05, 4.69) is 83.6 Å². The highest BCUT2D eigenvalue weighted by Crippen LogP contribution is 2.13. The van der Waals surface area contributed by atoms with Crippen molar-refractivity contribution in [2.24, 2.45) is 0 Å². The molecule has 0 spiro atoms. The molecule has 0 N–H and O–H groups in total. The van der Waals surface area contributed by atoms with Crippen LogP contribution >= 0.6 is 0 Å².